The lowest BCUT2D eigenvalue weighted by Crippen LogP contribution is -2.30. The number of amides is 2. The van der Waals surface area contributed by atoms with E-state index in [1.54, 1.807) is 26.4 Å². The van der Waals surface area contributed by atoms with Crippen LogP contribution in [0.15, 0.2) is 47.0 Å². The maximum Gasteiger partial charge on any atom is 0.319 e. The summed E-state index contributed by atoms with van der Waals surface area (Å²) in [4.78, 5) is 16.5. The summed E-state index contributed by atoms with van der Waals surface area (Å²) in [6.45, 7) is 4.50. The van der Waals surface area contributed by atoms with E-state index >= 15 is 0 Å². The van der Waals surface area contributed by atoms with Crippen molar-refractivity contribution in [1.29, 1.82) is 0 Å². The van der Waals surface area contributed by atoms with Gasteiger partial charge in [-0.25, -0.2) is 4.79 Å². The molecular formula is C22H26N4O4. The molecule has 0 saturated carbocycles. The zero-order valence-electron chi connectivity index (χ0n) is 17.6. The third-order valence-electron chi connectivity index (χ3n) is 4.50. The topological polar surface area (TPSA) is 98.5 Å². The molecule has 30 heavy (non-hydrogen) atoms. The molecule has 2 amide bonds. The first kappa shape index (κ1) is 21.2. The van der Waals surface area contributed by atoms with Gasteiger partial charge in [-0.2, -0.15) is 4.98 Å². The van der Waals surface area contributed by atoms with Crippen LogP contribution in [0.4, 0.5) is 10.5 Å². The van der Waals surface area contributed by atoms with Crippen molar-refractivity contribution in [2.45, 2.75) is 26.2 Å². The zero-order valence-corrected chi connectivity index (χ0v) is 17.6. The first-order valence-electron chi connectivity index (χ1n) is 9.70. The minimum Gasteiger partial charge on any atom is -0.493 e. The highest BCUT2D eigenvalue weighted by Crippen LogP contribution is 2.27. The molecule has 1 heterocycles. The Labute approximate surface area is 175 Å². The van der Waals surface area contributed by atoms with Crippen molar-refractivity contribution in [3.05, 3.63) is 53.9 Å². The summed E-state index contributed by atoms with van der Waals surface area (Å²) in [6, 6.07) is 12.7. The lowest BCUT2D eigenvalue weighted by Gasteiger charge is -2.10. The Morgan fingerprint density at radius 2 is 1.80 bits per heavy atom. The Hall–Kier alpha value is -3.55. The highest BCUT2D eigenvalue weighted by Gasteiger charge is 2.11. The van der Waals surface area contributed by atoms with E-state index < -0.39 is 0 Å². The van der Waals surface area contributed by atoms with Crippen LogP contribution >= 0.6 is 0 Å². The van der Waals surface area contributed by atoms with Crippen molar-refractivity contribution in [2.24, 2.45) is 0 Å². The second-order valence-corrected chi connectivity index (χ2v) is 7.01. The molecule has 3 rings (SSSR count). The maximum atomic E-state index is 12.2. The lowest BCUT2D eigenvalue weighted by atomic mass is 10.1. The summed E-state index contributed by atoms with van der Waals surface area (Å²) in [7, 11) is 3.20. The summed E-state index contributed by atoms with van der Waals surface area (Å²) in [5.74, 6) is 2.68. The molecule has 2 N–H and O–H groups in total. The van der Waals surface area contributed by atoms with Crippen LogP contribution in [0.3, 0.4) is 0 Å². The normalized spacial score (nSPS) is 10.7. The van der Waals surface area contributed by atoms with Gasteiger partial charge in [-0.1, -0.05) is 25.1 Å². The molecule has 3 aromatic rings. The Morgan fingerprint density at radius 3 is 2.43 bits per heavy atom. The van der Waals surface area contributed by atoms with Crippen LogP contribution in [0.5, 0.6) is 11.5 Å². The van der Waals surface area contributed by atoms with Gasteiger partial charge in [0.25, 0.3) is 5.89 Å². The quantitative estimate of drug-likeness (QED) is 0.576. The van der Waals surface area contributed by atoms with Crippen molar-refractivity contribution < 1.29 is 18.8 Å². The van der Waals surface area contributed by atoms with E-state index in [1.165, 1.54) is 0 Å². The number of methoxy groups -OCH3 is 2. The molecule has 0 bridgehead atoms. The first-order chi connectivity index (χ1) is 14.5. The predicted octanol–water partition coefficient (Wildman–Crippen LogP) is 4.24. The van der Waals surface area contributed by atoms with Crippen molar-refractivity contribution >= 4 is 11.7 Å². The SMILES string of the molecule is COc1ccc(CCNC(=O)Nc2ccc(-c3nc(C(C)C)no3)cc2)cc1OC. The summed E-state index contributed by atoms with van der Waals surface area (Å²) in [6.07, 6.45) is 0.669. The molecule has 0 fully saturated rings. The van der Waals surface area contributed by atoms with E-state index in [1.807, 2.05) is 44.2 Å². The van der Waals surface area contributed by atoms with Crippen molar-refractivity contribution in [3.8, 4) is 23.0 Å². The lowest BCUT2D eigenvalue weighted by molar-refractivity contribution is 0.252. The predicted molar refractivity (Wildman–Crippen MR) is 114 cm³/mol. The number of hydrogen-bond donors (Lipinski definition) is 2. The van der Waals surface area contributed by atoms with E-state index in [4.69, 9.17) is 14.0 Å². The van der Waals surface area contributed by atoms with E-state index in [-0.39, 0.29) is 11.9 Å². The van der Waals surface area contributed by atoms with Crippen molar-refractivity contribution in [3.63, 3.8) is 0 Å². The minimum atomic E-state index is -0.275. The van der Waals surface area contributed by atoms with Crippen molar-refractivity contribution in [1.82, 2.24) is 15.5 Å². The molecule has 0 atom stereocenters. The van der Waals surface area contributed by atoms with Crippen LogP contribution in [-0.4, -0.2) is 36.9 Å². The molecule has 1 aromatic heterocycles. The average Bonchev–Trinajstić information content (AvgIpc) is 3.25. The third kappa shape index (κ3) is 5.28. The Morgan fingerprint density at radius 1 is 1.07 bits per heavy atom. The van der Waals surface area contributed by atoms with Crippen LogP contribution in [0.25, 0.3) is 11.5 Å². The Bertz CT molecular complexity index is 983. The van der Waals surface area contributed by atoms with Crippen LogP contribution in [0.2, 0.25) is 0 Å². The molecule has 0 aliphatic carbocycles. The number of carbonyl (C=O) groups excluding carboxylic acids is 1. The summed E-state index contributed by atoms with van der Waals surface area (Å²) in [5.41, 5.74) is 2.51. The number of nitrogens with zero attached hydrogens (tertiary/aromatic N) is 2. The van der Waals surface area contributed by atoms with Gasteiger partial charge in [0.2, 0.25) is 0 Å². The summed E-state index contributed by atoms with van der Waals surface area (Å²) < 4.78 is 15.8. The van der Waals surface area contributed by atoms with Crippen molar-refractivity contribution in [2.75, 3.05) is 26.1 Å². The standard InChI is InChI=1S/C22H26N4O4/c1-14(2)20-25-21(30-26-20)16-6-8-17(9-7-16)24-22(27)23-12-11-15-5-10-18(28-3)19(13-15)29-4/h5-10,13-14H,11-12H2,1-4H3,(H2,23,24,27). The van der Waals surface area contributed by atoms with E-state index in [0.29, 0.717) is 41.9 Å². The van der Waals surface area contributed by atoms with Gasteiger partial charge in [0.1, 0.15) is 0 Å². The molecule has 8 nitrogen and oxygen atoms in total. The molecule has 0 aliphatic rings. The zero-order chi connectivity index (χ0) is 21.5. The Kier molecular flexibility index (Phi) is 6.90. The molecule has 0 spiro atoms. The largest absolute Gasteiger partial charge is 0.493 e. The fraction of sp³-hybridized carbons (Fsp3) is 0.318. The summed E-state index contributed by atoms with van der Waals surface area (Å²) in [5, 5.41) is 9.62. The first-order valence-corrected chi connectivity index (χ1v) is 9.70. The number of benzene rings is 2. The van der Waals surface area contributed by atoms with Gasteiger partial charge in [-0.05, 0) is 48.4 Å². The monoisotopic (exact) mass is 410 g/mol. The third-order valence-corrected chi connectivity index (χ3v) is 4.50. The number of urea groups is 1. The molecule has 158 valence electrons. The fourth-order valence-corrected chi connectivity index (χ4v) is 2.81. The molecular weight excluding hydrogens is 384 g/mol. The second-order valence-electron chi connectivity index (χ2n) is 7.01. The molecule has 0 aliphatic heterocycles. The van der Waals surface area contributed by atoms with Gasteiger partial charge < -0.3 is 24.6 Å². The highest BCUT2D eigenvalue weighted by atomic mass is 16.5. The molecule has 2 aromatic carbocycles. The van der Waals surface area contributed by atoms with Crippen LogP contribution < -0.4 is 20.1 Å². The highest BCUT2D eigenvalue weighted by molar-refractivity contribution is 5.89. The smallest absolute Gasteiger partial charge is 0.319 e. The van der Waals surface area contributed by atoms with Crippen LogP contribution in [-0.2, 0) is 6.42 Å². The van der Waals surface area contributed by atoms with E-state index in [9.17, 15) is 4.79 Å². The van der Waals surface area contributed by atoms with Gasteiger partial charge in [0.15, 0.2) is 17.3 Å². The van der Waals surface area contributed by atoms with Gasteiger partial charge in [0, 0.05) is 23.7 Å². The van der Waals surface area contributed by atoms with Crippen LogP contribution in [0.1, 0.15) is 31.2 Å². The molecule has 8 heteroatoms. The summed E-state index contributed by atoms with van der Waals surface area (Å²) >= 11 is 0. The number of nitrogens with one attached hydrogen (secondary N) is 2. The number of hydrogen-bond acceptors (Lipinski definition) is 6. The van der Waals surface area contributed by atoms with E-state index in [0.717, 1.165) is 11.1 Å². The van der Waals surface area contributed by atoms with Crippen LogP contribution in [0, 0.1) is 0 Å². The molecule has 0 saturated heterocycles. The second kappa shape index (κ2) is 9.78. The van der Waals surface area contributed by atoms with Gasteiger partial charge in [-0.3, -0.25) is 0 Å². The number of aromatic nitrogens is 2. The maximum absolute atomic E-state index is 12.2. The van der Waals surface area contributed by atoms with E-state index in [2.05, 4.69) is 20.8 Å². The van der Waals surface area contributed by atoms with Gasteiger partial charge >= 0.3 is 6.03 Å². The van der Waals surface area contributed by atoms with Gasteiger partial charge in [0.05, 0.1) is 14.2 Å². The molecule has 0 radical (unpaired) electrons. The average molecular weight is 410 g/mol. The van der Waals surface area contributed by atoms with Gasteiger partial charge in [-0.15, -0.1) is 0 Å². The number of ether oxygens (including phenoxy) is 2. The number of anilines is 1. The molecule has 0 unspecified atom stereocenters. The number of carbonyl (C=O) groups is 1. The minimum absolute atomic E-state index is 0.200. The number of rotatable bonds is 8. The fourth-order valence-electron chi connectivity index (χ4n) is 2.81. The Balaban J connectivity index is 1.50.